The molecule has 1 aliphatic rings. The van der Waals surface area contributed by atoms with Crippen molar-refractivity contribution in [3.05, 3.63) is 54.1 Å². The molecule has 2 unspecified atom stereocenters. The molecular weight excluding hydrogens is 250 g/mol. The summed E-state index contributed by atoms with van der Waals surface area (Å²) in [7, 11) is 0. The van der Waals surface area contributed by atoms with E-state index in [2.05, 4.69) is 33.9 Å². The Morgan fingerprint density at radius 2 is 2.15 bits per heavy atom. The van der Waals surface area contributed by atoms with Crippen LogP contribution < -0.4 is 5.32 Å². The monoisotopic (exact) mass is 269 g/mol. The first-order valence-corrected chi connectivity index (χ1v) is 7.14. The van der Waals surface area contributed by atoms with E-state index in [4.69, 9.17) is 0 Å². The minimum absolute atomic E-state index is 0.0519. The van der Waals surface area contributed by atoms with E-state index in [1.807, 2.05) is 30.7 Å². The average Bonchev–Trinajstić information content (AvgIpc) is 3.06. The molecule has 1 aromatic carbocycles. The number of imidazole rings is 1. The van der Waals surface area contributed by atoms with E-state index in [-0.39, 0.29) is 17.9 Å². The van der Waals surface area contributed by atoms with Crippen molar-refractivity contribution in [3.63, 3.8) is 0 Å². The predicted octanol–water partition coefficient (Wildman–Crippen LogP) is 2.64. The molecule has 1 fully saturated rings. The number of amides is 1. The van der Waals surface area contributed by atoms with Crippen LogP contribution in [0.4, 0.5) is 0 Å². The summed E-state index contributed by atoms with van der Waals surface area (Å²) in [5, 5.41) is 3.10. The number of carbonyl (C=O) groups excluding carboxylic acids is 1. The van der Waals surface area contributed by atoms with Gasteiger partial charge >= 0.3 is 0 Å². The van der Waals surface area contributed by atoms with Crippen molar-refractivity contribution in [1.82, 2.24) is 14.9 Å². The maximum Gasteiger partial charge on any atom is 0.221 e. The van der Waals surface area contributed by atoms with Crippen molar-refractivity contribution in [2.75, 3.05) is 0 Å². The SMILES string of the molecule is CCCn1cncc1C1CC(=O)NC1c1ccccc1. The molecule has 20 heavy (non-hydrogen) atoms. The summed E-state index contributed by atoms with van der Waals surface area (Å²) in [6, 6.07) is 10.2. The molecule has 104 valence electrons. The number of carbonyl (C=O) groups is 1. The summed E-state index contributed by atoms with van der Waals surface area (Å²) in [4.78, 5) is 16.1. The third-order valence-electron chi connectivity index (χ3n) is 3.87. The van der Waals surface area contributed by atoms with Gasteiger partial charge < -0.3 is 9.88 Å². The summed E-state index contributed by atoms with van der Waals surface area (Å²) in [5.41, 5.74) is 2.31. The molecule has 1 saturated heterocycles. The maximum absolute atomic E-state index is 11.9. The number of hydrogen-bond acceptors (Lipinski definition) is 2. The van der Waals surface area contributed by atoms with E-state index < -0.39 is 0 Å². The Labute approximate surface area is 118 Å². The van der Waals surface area contributed by atoms with Crippen molar-refractivity contribution in [2.24, 2.45) is 0 Å². The predicted molar refractivity (Wildman–Crippen MR) is 77.2 cm³/mol. The third kappa shape index (κ3) is 2.33. The van der Waals surface area contributed by atoms with Crippen LogP contribution in [0.1, 0.15) is 43.0 Å². The molecule has 4 heteroatoms. The van der Waals surface area contributed by atoms with Crippen LogP contribution in [-0.2, 0) is 11.3 Å². The Balaban J connectivity index is 1.94. The quantitative estimate of drug-likeness (QED) is 0.927. The van der Waals surface area contributed by atoms with Crippen LogP contribution in [0.25, 0.3) is 0 Å². The number of rotatable bonds is 4. The van der Waals surface area contributed by atoms with Crippen LogP contribution in [0.5, 0.6) is 0 Å². The fourth-order valence-corrected chi connectivity index (χ4v) is 2.97. The lowest BCUT2D eigenvalue weighted by Gasteiger charge is -2.20. The first-order valence-electron chi connectivity index (χ1n) is 7.14. The van der Waals surface area contributed by atoms with Crippen LogP contribution >= 0.6 is 0 Å². The fraction of sp³-hybridized carbons (Fsp3) is 0.375. The molecule has 0 aliphatic carbocycles. The van der Waals surface area contributed by atoms with Crippen molar-refractivity contribution in [1.29, 1.82) is 0 Å². The Bertz CT molecular complexity index is 591. The zero-order chi connectivity index (χ0) is 13.9. The Morgan fingerprint density at radius 1 is 1.35 bits per heavy atom. The molecule has 0 saturated carbocycles. The van der Waals surface area contributed by atoms with E-state index in [1.54, 1.807) is 0 Å². The van der Waals surface area contributed by atoms with E-state index >= 15 is 0 Å². The Kier molecular flexibility index (Phi) is 3.54. The molecule has 2 heterocycles. The number of aromatic nitrogens is 2. The average molecular weight is 269 g/mol. The van der Waals surface area contributed by atoms with E-state index in [0.717, 1.165) is 24.2 Å². The highest BCUT2D eigenvalue weighted by Gasteiger charge is 2.36. The molecule has 2 atom stereocenters. The van der Waals surface area contributed by atoms with Crippen molar-refractivity contribution in [2.45, 2.75) is 38.3 Å². The molecule has 1 N–H and O–H groups in total. The van der Waals surface area contributed by atoms with Gasteiger partial charge in [0.05, 0.1) is 12.4 Å². The van der Waals surface area contributed by atoms with Gasteiger partial charge in [0.25, 0.3) is 0 Å². The van der Waals surface area contributed by atoms with Gasteiger partial charge in [0, 0.05) is 30.8 Å². The second-order valence-corrected chi connectivity index (χ2v) is 5.28. The van der Waals surface area contributed by atoms with Crippen molar-refractivity contribution in [3.8, 4) is 0 Å². The van der Waals surface area contributed by atoms with Crippen LogP contribution in [0.15, 0.2) is 42.9 Å². The molecule has 0 bridgehead atoms. The smallest absolute Gasteiger partial charge is 0.221 e. The highest BCUT2D eigenvalue weighted by atomic mass is 16.2. The van der Waals surface area contributed by atoms with Crippen LogP contribution in [-0.4, -0.2) is 15.5 Å². The van der Waals surface area contributed by atoms with Gasteiger partial charge in [-0.2, -0.15) is 0 Å². The lowest BCUT2D eigenvalue weighted by Crippen LogP contribution is -2.21. The van der Waals surface area contributed by atoms with Gasteiger partial charge in [-0.25, -0.2) is 4.98 Å². The number of aryl methyl sites for hydroxylation is 1. The standard InChI is InChI=1S/C16H19N3O/c1-2-8-19-11-17-10-14(19)13-9-15(20)18-16(13)12-6-4-3-5-7-12/h3-7,10-11,13,16H,2,8-9H2,1H3,(H,18,20). The third-order valence-corrected chi connectivity index (χ3v) is 3.87. The Morgan fingerprint density at radius 3 is 2.90 bits per heavy atom. The summed E-state index contributed by atoms with van der Waals surface area (Å²) in [6.45, 7) is 3.10. The lowest BCUT2D eigenvalue weighted by molar-refractivity contribution is -0.119. The van der Waals surface area contributed by atoms with E-state index in [1.165, 1.54) is 0 Å². The highest BCUT2D eigenvalue weighted by Crippen LogP contribution is 2.38. The van der Waals surface area contributed by atoms with Gasteiger partial charge in [-0.15, -0.1) is 0 Å². The summed E-state index contributed by atoms with van der Waals surface area (Å²) < 4.78 is 2.17. The zero-order valence-electron chi connectivity index (χ0n) is 11.6. The summed E-state index contributed by atoms with van der Waals surface area (Å²) in [6.07, 6.45) is 5.36. The van der Waals surface area contributed by atoms with Crippen LogP contribution in [0.2, 0.25) is 0 Å². The lowest BCUT2D eigenvalue weighted by atomic mass is 9.91. The van der Waals surface area contributed by atoms with Crippen LogP contribution in [0, 0.1) is 0 Å². The summed E-state index contributed by atoms with van der Waals surface area (Å²) in [5.74, 6) is 0.284. The molecule has 2 aromatic rings. The second kappa shape index (κ2) is 5.49. The molecule has 1 aromatic heterocycles. The maximum atomic E-state index is 11.9. The highest BCUT2D eigenvalue weighted by molar-refractivity contribution is 5.80. The summed E-state index contributed by atoms with van der Waals surface area (Å²) >= 11 is 0. The molecule has 1 aliphatic heterocycles. The Hall–Kier alpha value is -2.10. The second-order valence-electron chi connectivity index (χ2n) is 5.28. The number of hydrogen-bond donors (Lipinski definition) is 1. The topological polar surface area (TPSA) is 46.9 Å². The largest absolute Gasteiger partial charge is 0.349 e. The minimum atomic E-state index is 0.0519. The molecule has 0 radical (unpaired) electrons. The van der Waals surface area contributed by atoms with Gasteiger partial charge in [-0.3, -0.25) is 4.79 Å². The van der Waals surface area contributed by atoms with Gasteiger partial charge in [0.15, 0.2) is 0 Å². The first-order chi connectivity index (χ1) is 9.79. The molecular formula is C16H19N3O. The number of nitrogens with zero attached hydrogens (tertiary/aromatic N) is 2. The minimum Gasteiger partial charge on any atom is -0.349 e. The number of nitrogens with one attached hydrogen (secondary N) is 1. The van der Waals surface area contributed by atoms with Crippen molar-refractivity contribution >= 4 is 5.91 Å². The normalized spacial score (nSPS) is 21.9. The van der Waals surface area contributed by atoms with E-state index in [9.17, 15) is 4.79 Å². The van der Waals surface area contributed by atoms with Gasteiger partial charge in [0.1, 0.15) is 0 Å². The van der Waals surface area contributed by atoms with Crippen molar-refractivity contribution < 1.29 is 4.79 Å². The van der Waals surface area contributed by atoms with Gasteiger partial charge in [-0.05, 0) is 12.0 Å². The molecule has 0 spiro atoms. The van der Waals surface area contributed by atoms with Gasteiger partial charge in [0.2, 0.25) is 5.91 Å². The molecule has 1 amide bonds. The molecule has 4 nitrogen and oxygen atoms in total. The number of benzene rings is 1. The van der Waals surface area contributed by atoms with Crippen LogP contribution in [0.3, 0.4) is 0 Å². The van der Waals surface area contributed by atoms with Gasteiger partial charge in [-0.1, -0.05) is 37.3 Å². The zero-order valence-corrected chi connectivity index (χ0v) is 11.6. The fourth-order valence-electron chi connectivity index (χ4n) is 2.97. The first kappa shape index (κ1) is 12.9. The van der Waals surface area contributed by atoms with E-state index in [0.29, 0.717) is 6.42 Å². The molecule has 3 rings (SSSR count).